The minimum Gasteiger partial charge on any atom is -0.296 e. The molecule has 0 radical (unpaired) electrons. The van der Waals surface area contributed by atoms with Crippen molar-refractivity contribution in [2.45, 2.75) is 39.3 Å². The Labute approximate surface area is 111 Å². The van der Waals surface area contributed by atoms with Crippen molar-refractivity contribution >= 4 is 15.9 Å². The van der Waals surface area contributed by atoms with E-state index in [4.69, 9.17) is 0 Å². The van der Waals surface area contributed by atoms with E-state index in [9.17, 15) is 4.39 Å². The minimum atomic E-state index is -0.162. The van der Waals surface area contributed by atoms with Crippen molar-refractivity contribution in [1.82, 2.24) is 4.90 Å². The summed E-state index contributed by atoms with van der Waals surface area (Å²) in [5.74, 6) is 0.707. The van der Waals surface area contributed by atoms with Crippen LogP contribution in [0, 0.1) is 11.7 Å². The Kier molecular flexibility index (Phi) is 4.21. The fourth-order valence-corrected chi connectivity index (χ4v) is 2.54. The maximum Gasteiger partial charge on any atom is 0.124 e. The highest BCUT2D eigenvalue weighted by Gasteiger charge is 2.25. The van der Waals surface area contributed by atoms with Crippen LogP contribution in [0.25, 0.3) is 0 Å². The van der Waals surface area contributed by atoms with Crippen LogP contribution in [0.1, 0.15) is 32.3 Å². The minimum absolute atomic E-state index is 0.162. The molecule has 1 aromatic rings. The van der Waals surface area contributed by atoms with Gasteiger partial charge in [0.2, 0.25) is 0 Å². The molecule has 0 saturated heterocycles. The first-order valence-corrected chi connectivity index (χ1v) is 7.03. The number of hydrogen-bond acceptors (Lipinski definition) is 1. The van der Waals surface area contributed by atoms with Crippen LogP contribution in [-0.2, 0) is 6.54 Å². The van der Waals surface area contributed by atoms with Crippen LogP contribution < -0.4 is 0 Å². The standard InChI is InChI=1S/C14H19BrFN/c1-10(2)17(8-11-3-4-11)9-12-5-13(15)7-14(16)6-12/h5-7,10-11H,3-4,8-9H2,1-2H3. The van der Waals surface area contributed by atoms with Gasteiger partial charge >= 0.3 is 0 Å². The van der Waals surface area contributed by atoms with E-state index in [1.165, 1.54) is 18.9 Å². The predicted octanol–water partition coefficient (Wildman–Crippen LogP) is 4.21. The molecule has 1 fully saturated rings. The van der Waals surface area contributed by atoms with Gasteiger partial charge in [0.1, 0.15) is 5.82 Å². The summed E-state index contributed by atoms with van der Waals surface area (Å²) in [7, 11) is 0. The molecule has 3 heteroatoms. The number of hydrogen-bond donors (Lipinski definition) is 0. The second-order valence-electron chi connectivity index (χ2n) is 5.24. The largest absolute Gasteiger partial charge is 0.296 e. The zero-order chi connectivity index (χ0) is 12.4. The zero-order valence-corrected chi connectivity index (χ0v) is 12.0. The molecule has 0 N–H and O–H groups in total. The molecule has 0 heterocycles. The van der Waals surface area contributed by atoms with Gasteiger partial charge in [0.15, 0.2) is 0 Å². The van der Waals surface area contributed by atoms with E-state index in [0.29, 0.717) is 6.04 Å². The molecule has 0 unspecified atom stereocenters. The van der Waals surface area contributed by atoms with Gasteiger partial charge in [-0.2, -0.15) is 0 Å². The Balaban J connectivity index is 2.04. The highest BCUT2D eigenvalue weighted by atomic mass is 79.9. The lowest BCUT2D eigenvalue weighted by atomic mass is 10.1. The van der Waals surface area contributed by atoms with Gasteiger partial charge in [-0.3, -0.25) is 4.90 Å². The molecule has 1 aromatic carbocycles. The Hall–Kier alpha value is -0.410. The second kappa shape index (κ2) is 5.49. The van der Waals surface area contributed by atoms with Crippen LogP contribution in [0.4, 0.5) is 4.39 Å². The van der Waals surface area contributed by atoms with Gasteiger partial charge < -0.3 is 0 Å². The number of rotatable bonds is 5. The maximum absolute atomic E-state index is 13.3. The van der Waals surface area contributed by atoms with Crippen molar-refractivity contribution in [1.29, 1.82) is 0 Å². The highest BCUT2D eigenvalue weighted by molar-refractivity contribution is 9.10. The van der Waals surface area contributed by atoms with Gasteiger partial charge in [-0.05, 0) is 56.4 Å². The van der Waals surface area contributed by atoms with E-state index >= 15 is 0 Å². The monoisotopic (exact) mass is 299 g/mol. The molecule has 1 aliphatic carbocycles. The average Bonchev–Trinajstić information content (AvgIpc) is 2.98. The van der Waals surface area contributed by atoms with Crippen LogP contribution in [0.3, 0.4) is 0 Å². The SMILES string of the molecule is CC(C)N(Cc1cc(F)cc(Br)c1)CC1CC1. The molecule has 0 aromatic heterocycles. The summed E-state index contributed by atoms with van der Waals surface area (Å²) in [6.07, 6.45) is 2.71. The van der Waals surface area contributed by atoms with Crippen molar-refractivity contribution in [2.24, 2.45) is 5.92 Å². The summed E-state index contributed by atoms with van der Waals surface area (Å²) < 4.78 is 14.1. The molecule has 0 spiro atoms. The quantitative estimate of drug-likeness (QED) is 0.787. The van der Waals surface area contributed by atoms with Crippen molar-refractivity contribution in [3.05, 3.63) is 34.1 Å². The Morgan fingerprint density at radius 1 is 1.35 bits per heavy atom. The molecular weight excluding hydrogens is 281 g/mol. The van der Waals surface area contributed by atoms with Crippen molar-refractivity contribution in [3.63, 3.8) is 0 Å². The number of halogens is 2. The topological polar surface area (TPSA) is 3.24 Å². The van der Waals surface area contributed by atoms with E-state index in [2.05, 4.69) is 34.7 Å². The van der Waals surface area contributed by atoms with Gasteiger partial charge in [-0.1, -0.05) is 15.9 Å². The molecule has 0 atom stereocenters. The first-order chi connectivity index (χ1) is 8.04. The normalized spacial score (nSPS) is 15.9. The molecule has 1 aliphatic rings. The predicted molar refractivity (Wildman–Crippen MR) is 72.4 cm³/mol. The molecule has 0 amide bonds. The highest BCUT2D eigenvalue weighted by Crippen LogP contribution is 2.31. The Morgan fingerprint density at radius 3 is 2.59 bits per heavy atom. The zero-order valence-electron chi connectivity index (χ0n) is 10.4. The van der Waals surface area contributed by atoms with Crippen molar-refractivity contribution in [3.8, 4) is 0 Å². The summed E-state index contributed by atoms with van der Waals surface area (Å²) >= 11 is 3.34. The summed E-state index contributed by atoms with van der Waals surface area (Å²) in [6, 6.07) is 5.65. The smallest absolute Gasteiger partial charge is 0.124 e. The van der Waals surface area contributed by atoms with Gasteiger partial charge in [-0.15, -0.1) is 0 Å². The van der Waals surface area contributed by atoms with E-state index in [1.807, 2.05) is 6.07 Å². The van der Waals surface area contributed by atoms with E-state index in [-0.39, 0.29) is 5.82 Å². The first-order valence-electron chi connectivity index (χ1n) is 6.23. The lowest BCUT2D eigenvalue weighted by Gasteiger charge is -2.26. The van der Waals surface area contributed by atoms with Crippen LogP contribution in [0.2, 0.25) is 0 Å². The Bertz CT molecular complexity index is 368. The third-order valence-electron chi connectivity index (χ3n) is 3.23. The van der Waals surface area contributed by atoms with Crippen molar-refractivity contribution in [2.75, 3.05) is 6.54 Å². The van der Waals surface area contributed by atoms with Gasteiger partial charge in [0.25, 0.3) is 0 Å². The van der Waals surface area contributed by atoms with Crippen molar-refractivity contribution < 1.29 is 4.39 Å². The third-order valence-corrected chi connectivity index (χ3v) is 3.69. The third kappa shape index (κ3) is 4.07. The molecule has 2 rings (SSSR count). The summed E-state index contributed by atoms with van der Waals surface area (Å²) in [4.78, 5) is 2.43. The molecule has 1 nitrogen and oxygen atoms in total. The molecule has 1 saturated carbocycles. The fourth-order valence-electron chi connectivity index (χ4n) is 2.03. The van der Waals surface area contributed by atoms with E-state index in [1.54, 1.807) is 6.07 Å². The average molecular weight is 300 g/mol. The molecule has 17 heavy (non-hydrogen) atoms. The van der Waals surface area contributed by atoms with Crippen LogP contribution in [-0.4, -0.2) is 17.5 Å². The van der Waals surface area contributed by atoms with Crippen LogP contribution in [0.5, 0.6) is 0 Å². The van der Waals surface area contributed by atoms with Gasteiger partial charge in [-0.25, -0.2) is 4.39 Å². The van der Waals surface area contributed by atoms with Crippen LogP contribution >= 0.6 is 15.9 Å². The van der Waals surface area contributed by atoms with Gasteiger partial charge in [0.05, 0.1) is 0 Å². The first kappa shape index (κ1) is 13.0. The summed E-state index contributed by atoms with van der Waals surface area (Å²) in [6.45, 7) is 6.39. The number of benzene rings is 1. The lowest BCUT2D eigenvalue weighted by Crippen LogP contribution is -2.32. The Morgan fingerprint density at radius 2 is 2.06 bits per heavy atom. The maximum atomic E-state index is 13.3. The van der Waals surface area contributed by atoms with E-state index < -0.39 is 0 Å². The second-order valence-corrected chi connectivity index (χ2v) is 6.16. The fraction of sp³-hybridized carbons (Fsp3) is 0.571. The molecular formula is C14H19BrFN. The molecule has 0 aliphatic heterocycles. The van der Waals surface area contributed by atoms with E-state index in [0.717, 1.165) is 29.0 Å². The number of nitrogens with zero attached hydrogens (tertiary/aromatic N) is 1. The van der Waals surface area contributed by atoms with Crippen LogP contribution in [0.15, 0.2) is 22.7 Å². The van der Waals surface area contributed by atoms with Gasteiger partial charge in [0, 0.05) is 23.6 Å². The molecule has 94 valence electrons. The molecule has 0 bridgehead atoms. The summed E-state index contributed by atoms with van der Waals surface area (Å²) in [5.41, 5.74) is 1.05. The lowest BCUT2D eigenvalue weighted by molar-refractivity contribution is 0.203. The summed E-state index contributed by atoms with van der Waals surface area (Å²) in [5, 5.41) is 0.